The van der Waals surface area contributed by atoms with Crippen LogP contribution in [0.5, 0.6) is 0 Å². The van der Waals surface area contributed by atoms with E-state index in [0.29, 0.717) is 23.9 Å². The van der Waals surface area contributed by atoms with Gasteiger partial charge >= 0.3 is 0 Å². The number of piperidine rings is 1. The lowest BCUT2D eigenvalue weighted by Gasteiger charge is -2.30. The summed E-state index contributed by atoms with van der Waals surface area (Å²) < 4.78 is 13.2. The fourth-order valence-electron chi connectivity index (χ4n) is 3.98. The molecule has 2 aromatic heterocycles. The van der Waals surface area contributed by atoms with E-state index in [1.807, 2.05) is 36.1 Å². The highest BCUT2D eigenvalue weighted by Gasteiger charge is 2.28. The van der Waals surface area contributed by atoms with Crippen LogP contribution in [0.2, 0.25) is 0 Å². The van der Waals surface area contributed by atoms with Crippen LogP contribution in [0.25, 0.3) is 21.6 Å². The van der Waals surface area contributed by atoms with Crippen molar-refractivity contribution in [3.05, 3.63) is 70.7 Å². The Labute approximate surface area is 177 Å². The van der Waals surface area contributed by atoms with Gasteiger partial charge in [-0.1, -0.05) is 12.1 Å². The van der Waals surface area contributed by atoms with Gasteiger partial charge in [0.05, 0.1) is 16.7 Å². The number of hydrogen-bond acceptors (Lipinski definition) is 4. The number of benzene rings is 2. The van der Waals surface area contributed by atoms with Gasteiger partial charge in [0.2, 0.25) is 0 Å². The number of aryl methyl sites for hydroxylation is 1. The Morgan fingerprint density at radius 2 is 1.83 bits per heavy atom. The summed E-state index contributed by atoms with van der Waals surface area (Å²) in [6, 6.07) is 14.3. The van der Waals surface area contributed by atoms with Gasteiger partial charge in [0.15, 0.2) is 0 Å². The molecule has 0 bridgehead atoms. The molecule has 0 aliphatic carbocycles. The number of rotatable bonds is 3. The Kier molecular flexibility index (Phi) is 4.83. The Bertz CT molecular complexity index is 1170. The number of nitrogens with zero attached hydrogens (tertiary/aromatic N) is 3. The molecule has 30 heavy (non-hydrogen) atoms. The molecule has 2 aromatic carbocycles. The highest BCUT2D eigenvalue weighted by Crippen LogP contribution is 2.32. The standard InChI is InChI=1S/C23H21FN4OS/c1-14-20(30-22(25-14)16-6-8-17(24)9-7-16)23(29)28-12-10-15(11-13-28)21-26-18-4-2-3-5-19(18)27-21/h2-9,15H,10-13H2,1H3,(H,26,27). The van der Waals surface area contributed by atoms with Crippen molar-refractivity contribution in [1.82, 2.24) is 19.9 Å². The number of aromatic amines is 1. The average Bonchev–Trinajstić information content (AvgIpc) is 3.37. The number of thiazole rings is 1. The summed E-state index contributed by atoms with van der Waals surface area (Å²) in [6.07, 6.45) is 1.77. The van der Waals surface area contributed by atoms with Crippen LogP contribution in [-0.4, -0.2) is 38.8 Å². The van der Waals surface area contributed by atoms with Gasteiger partial charge in [0.25, 0.3) is 5.91 Å². The van der Waals surface area contributed by atoms with Gasteiger partial charge in [-0.05, 0) is 56.2 Å². The summed E-state index contributed by atoms with van der Waals surface area (Å²) >= 11 is 1.38. The molecule has 1 aliphatic rings. The molecular formula is C23H21FN4OS. The third-order valence-corrected chi connectivity index (χ3v) is 6.85. The fraction of sp³-hybridized carbons (Fsp3) is 0.261. The first-order valence-corrected chi connectivity index (χ1v) is 10.9. The van der Waals surface area contributed by atoms with E-state index in [1.54, 1.807) is 12.1 Å². The van der Waals surface area contributed by atoms with Gasteiger partial charge in [-0.3, -0.25) is 4.79 Å². The van der Waals surface area contributed by atoms with Crippen LogP contribution >= 0.6 is 11.3 Å². The summed E-state index contributed by atoms with van der Waals surface area (Å²) in [5.41, 5.74) is 3.59. The molecule has 0 unspecified atom stereocenters. The van der Waals surface area contributed by atoms with Crippen molar-refractivity contribution in [3.63, 3.8) is 0 Å². The van der Waals surface area contributed by atoms with Crippen molar-refractivity contribution in [3.8, 4) is 10.6 Å². The highest BCUT2D eigenvalue weighted by molar-refractivity contribution is 7.17. The zero-order chi connectivity index (χ0) is 20.7. The lowest BCUT2D eigenvalue weighted by Crippen LogP contribution is -2.38. The largest absolute Gasteiger partial charge is 0.342 e. The normalized spacial score (nSPS) is 15.1. The van der Waals surface area contributed by atoms with Gasteiger partial charge < -0.3 is 9.88 Å². The van der Waals surface area contributed by atoms with E-state index in [9.17, 15) is 9.18 Å². The van der Waals surface area contributed by atoms with E-state index in [-0.39, 0.29) is 11.7 Å². The number of likely N-dealkylation sites (tertiary alicyclic amines) is 1. The maximum atomic E-state index is 13.2. The van der Waals surface area contributed by atoms with Crippen LogP contribution in [-0.2, 0) is 0 Å². The Morgan fingerprint density at radius 3 is 2.57 bits per heavy atom. The second-order valence-electron chi connectivity index (χ2n) is 7.65. The summed E-state index contributed by atoms with van der Waals surface area (Å²) in [5.74, 6) is 1.09. The molecule has 0 radical (unpaired) electrons. The zero-order valence-corrected chi connectivity index (χ0v) is 17.4. The molecule has 0 saturated carbocycles. The maximum Gasteiger partial charge on any atom is 0.265 e. The molecule has 1 saturated heterocycles. The average molecular weight is 421 g/mol. The van der Waals surface area contributed by atoms with E-state index < -0.39 is 0 Å². The molecule has 0 atom stereocenters. The number of aromatic nitrogens is 3. The Hall–Kier alpha value is -3.06. The first kappa shape index (κ1) is 18.9. The van der Waals surface area contributed by atoms with Crippen LogP contribution in [0, 0.1) is 12.7 Å². The van der Waals surface area contributed by atoms with Crippen molar-refractivity contribution in [2.75, 3.05) is 13.1 Å². The molecule has 7 heteroatoms. The molecule has 1 N–H and O–H groups in total. The Morgan fingerprint density at radius 1 is 1.10 bits per heavy atom. The summed E-state index contributed by atoms with van der Waals surface area (Å²) in [7, 11) is 0. The topological polar surface area (TPSA) is 61.9 Å². The zero-order valence-electron chi connectivity index (χ0n) is 16.6. The van der Waals surface area contributed by atoms with E-state index in [0.717, 1.165) is 46.0 Å². The van der Waals surface area contributed by atoms with Crippen molar-refractivity contribution < 1.29 is 9.18 Å². The quantitative estimate of drug-likeness (QED) is 0.498. The number of hydrogen-bond donors (Lipinski definition) is 1. The number of fused-ring (bicyclic) bond motifs is 1. The predicted molar refractivity (Wildman–Crippen MR) is 116 cm³/mol. The summed E-state index contributed by atoms with van der Waals surface area (Å²) in [5, 5.41) is 0.744. The van der Waals surface area contributed by atoms with Gasteiger partial charge in [-0.25, -0.2) is 14.4 Å². The molecule has 0 spiro atoms. The van der Waals surface area contributed by atoms with Crippen molar-refractivity contribution >= 4 is 28.3 Å². The van der Waals surface area contributed by atoms with Crippen LogP contribution in [0.15, 0.2) is 48.5 Å². The molecule has 1 aliphatic heterocycles. The predicted octanol–water partition coefficient (Wildman–Crippen LogP) is 5.15. The lowest BCUT2D eigenvalue weighted by molar-refractivity contribution is 0.0715. The molecule has 5 nitrogen and oxygen atoms in total. The second kappa shape index (κ2) is 7.65. The van der Waals surface area contributed by atoms with Crippen LogP contribution in [0.4, 0.5) is 4.39 Å². The smallest absolute Gasteiger partial charge is 0.265 e. The monoisotopic (exact) mass is 420 g/mol. The SMILES string of the molecule is Cc1nc(-c2ccc(F)cc2)sc1C(=O)N1CCC(c2nc3ccccc3[nH]2)CC1. The molecule has 5 rings (SSSR count). The minimum absolute atomic E-state index is 0.0291. The minimum Gasteiger partial charge on any atom is -0.342 e. The van der Waals surface area contributed by atoms with Crippen LogP contribution < -0.4 is 0 Å². The molecule has 1 fully saturated rings. The van der Waals surface area contributed by atoms with E-state index >= 15 is 0 Å². The van der Waals surface area contributed by atoms with E-state index in [1.165, 1.54) is 23.5 Å². The number of H-pyrrole nitrogens is 1. The Balaban J connectivity index is 1.29. The third-order valence-electron chi connectivity index (χ3n) is 5.66. The minimum atomic E-state index is -0.282. The first-order chi connectivity index (χ1) is 14.6. The lowest BCUT2D eigenvalue weighted by atomic mass is 9.96. The number of halogens is 1. The van der Waals surface area contributed by atoms with Crippen molar-refractivity contribution in [1.29, 1.82) is 0 Å². The fourth-order valence-corrected chi connectivity index (χ4v) is 5.02. The second-order valence-corrected chi connectivity index (χ2v) is 8.65. The van der Waals surface area contributed by atoms with Gasteiger partial charge in [0.1, 0.15) is 21.5 Å². The molecule has 3 heterocycles. The third kappa shape index (κ3) is 3.50. The highest BCUT2D eigenvalue weighted by atomic mass is 32.1. The number of imidazole rings is 1. The number of carbonyl (C=O) groups excluding carboxylic acids is 1. The molecule has 152 valence electrons. The van der Waals surface area contributed by atoms with Crippen LogP contribution in [0.1, 0.15) is 39.9 Å². The van der Waals surface area contributed by atoms with Crippen molar-refractivity contribution in [2.45, 2.75) is 25.7 Å². The van der Waals surface area contributed by atoms with E-state index in [2.05, 4.69) is 9.97 Å². The van der Waals surface area contributed by atoms with Gasteiger partial charge in [-0.15, -0.1) is 11.3 Å². The molecule has 4 aromatic rings. The summed E-state index contributed by atoms with van der Waals surface area (Å²) in [6.45, 7) is 3.26. The number of amides is 1. The number of nitrogens with one attached hydrogen (secondary N) is 1. The number of para-hydroxylation sites is 2. The summed E-state index contributed by atoms with van der Waals surface area (Å²) in [4.78, 5) is 28.4. The molecular weight excluding hydrogens is 399 g/mol. The van der Waals surface area contributed by atoms with E-state index in [4.69, 9.17) is 4.98 Å². The van der Waals surface area contributed by atoms with Crippen LogP contribution in [0.3, 0.4) is 0 Å². The van der Waals surface area contributed by atoms with Gasteiger partial charge in [-0.2, -0.15) is 0 Å². The van der Waals surface area contributed by atoms with Gasteiger partial charge in [0, 0.05) is 24.6 Å². The molecule has 1 amide bonds. The maximum absolute atomic E-state index is 13.2. The number of carbonyl (C=O) groups is 1. The van der Waals surface area contributed by atoms with Crippen molar-refractivity contribution in [2.24, 2.45) is 0 Å². The first-order valence-electron chi connectivity index (χ1n) is 10.1.